The van der Waals surface area contributed by atoms with Gasteiger partial charge in [0.05, 0.1) is 0 Å². The summed E-state index contributed by atoms with van der Waals surface area (Å²) in [7, 11) is 0. The Balaban J connectivity index is 4.23. The van der Waals surface area contributed by atoms with E-state index in [1.54, 1.807) is 0 Å². The zero-order valence-corrected chi connectivity index (χ0v) is 12.5. The molecule has 0 aliphatic carbocycles. The van der Waals surface area contributed by atoms with Gasteiger partial charge in [0, 0.05) is 18.4 Å². The molecule has 0 spiro atoms. The van der Waals surface area contributed by atoms with Gasteiger partial charge in [-0.25, -0.2) is 0 Å². The van der Waals surface area contributed by atoms with Crippen LogP contribution >= 0.6 is 0 Å². The second-order valence-corrected chi connectivity index (χ2v) is 6.26. The van der Waals surface area contributed by atoms with Crippen LogP contribution in [-0.2, 0) is 9.59 Å². The van der Waals surface area contributed by atoms with E-state index < -0.39 is 11.5 Å². The summed E-state index contributed by atoms with van der Waals surface area (Å²) in [5.41, 5.74) is 5.18. The van der Waals surface area contributed by atoms with Gasteiger partial charge in [-0.2, -0.15) is 0 Å². The topological polar surface area (TPSA) is 92.4 Å². The van der Waals surface area contributed by atoms with Crippen LogP contribution in [0.15, 0.2) is 0 Å². The van der Waals surface area contributed by atoms with E-state index in [2.05, 4.69) is 19.2 Å². The van der Waals surface area contributed by atoms with Gasteiger partial charge < -0.3 is 16.2 Å². The van der Waals surface area contributed by atoms with Gasteiger partial charge in [0.1, 0.15) is 0 Å². The Morgan fingerprint density at radius 1 is 1.32 bits per heavy atom. The van der Waals surface area contributed by atoms with Crippen molar-refractivity contribution in [1.29, 1.82) is 0 Å². The molecule has 0 aliphatic heterocycles. The van der Waals surface area contributed by atoms with Crippen molar-refractivity contribution in [3.05, 3.63) is 0 Å². The number of hydrogen-bond acceptors (Lipinski definition) is 3. The SMILES string of the molecule is CC(C)C[C@H](CN)CC(=O)NC(C)(C)CCC(=O)O. The van der Waals surface area contributed by atoms with Crippen LogP contribution in [0.5, 0.6) is 0 Å². The summed E-state index contributed by atoms with van der Waals surface area (Å²) < 4.78 is 0. The second kappa shape index (κ2) is 8.15. The maximum atomic E-state index is 11.9. The predicted octanol–water partition coefficient (Wildman–Crippen LogP) is 1.76. The van der Waals surface area contributed by atoms with Crippen molar-refractivity contribution < 1.29 is 14.7 Å². The van der Waals surface area contributed by atoms with Gasteiger partial charge in [-0.15, -0.1) is 0 Å². The average molecular weight is 272 g/mol. The zero-order valence-electron chi connectivity index (χ0n) is 12.5. The van der Waals surface area contributed by atoms with Crippen molar-refractivity contribution in [2.24, 2.45) is 17.6 Å². The van der Waals surface area contributed by atoms with Gasteiger partial charge in [0.15, 0.2) is 0 Å². The lowest BCUT2D eigenvalue weighted by Gasteiger charge is -2.27. The van der Waals surface area contributed by atoms with Gasteiger partial charge >= 0.3 is 5.97 Å². The van der Waals surface area contributed by atoms with Crippen LogP contribution in [0.25, 0.3) is 0 Å². The average Bonchev–Trinajstić information content (AvgIpc) is 2.24. The van der Waals surface area contributed by atoms with E-state index in [0.717, 1.165) is 6.42 Å². The molecule has 0 saturated heterocycles. The molecule has 0 aromatic carbocycles. The molecule has 0 aromatic rings. The Labute approximate surface area is 115 Å². The number of carbonyl (C=O) groups excluding carboxylic acids is 1. The minimum Gasteiger partial charge on any atom is -0.481 e. The van der Waals surface area contributed by atoms with Crippen LogP contribution in [0, 0.1) is 11.8 Å². The van der Waals surface area contributed by atoms with E-state index in [1.165, 1.54) is 0 Å². The van der Waals surface area contributed by atoms with Crippen LogP contribution in [0.1, 0.15) is 53.4 Å². The zero-order chi connectivity index (χ0) is 15.1. The number of carboxylic acids is 1. The highest BCUT2D eigenvalue weighted by molar-refractivity contribution is 5.77. The van der Waals surface area contributed by atoms with Crippen LogP contribution in [-0.4, -0.2) is 29.1 Å². The molecule has 0 aliphatic rings. The van der Waals surface area contributed by atoms with Gasteiger partial charge in [-0.1, -0.05) is 13.8 Å². The fourth-order valence-corrected chi connectivity index (χ4v) is 2.10. The smallest absolute Gasteiger partial charge is 0.303 e. The van der Waals surface area contributed by atoms with Crippen LogP contribution in [0.3, 0.4) is 0 Å². The number of amides is 1. The van der Waals surface area contributed by atoms with Crippen LogP contribution in [0.4, 0.5) is 0 Å². The van der Waals surface area contributed by atoms with E-state index in [-0.39, 0.29) is 18.2 Å². The third-order valence-corrected chi connectivity index (χ3v) is 3.05. The molecule has 0 fully saturated rings. The maximum Gasteiger partial charge on any atom is 0.303 e. The van der Waals surface area contributed by atoms with Gasteiger partial charge in [-0.05, 0) is 45.1 Å². The Kier molecular flexibility index (Phi) is 7.68. The molecular weight excluding hydrogens is 244 g/mol. The summed E-state index contributed by atoms with van der Waals surface area (Å²) in [5.74, 6) is -0.190. The number of nitrogens with one attached hydrogen (secondary N) is 1. The third kappa shape index (κ3) is 9.47. The molecule has 0 heterocycles. The number of carboxylic acid groups (broad SMARTS) is 1. The molecule has 1 atom stereocenters. The van der Waals surface area contributed by atoms with Crippen LogP contribution in [0.2, 0.25) is 0 Å². The molecule has 5 heteroatoms. The van der Waals surface area contributed by atoms with E-state index >= 15 is 0 Å². The highest BCUT2D eigenvalue weighted by atomic mass is 16.4. The number of carbonyl (C=O) groups is 2. The summed E-state index contributed by atoms with van der Waals surface area (Å²) in [6.07, 6.45) is 1.82. The minimum absolute atomic E-state index is 0.0495. The lowest BCUT2D eigenvalue weighted by Crippen LogP contribution is -2.44. The first-order valence-electron chi connectivity index (χ1n) is 6.89. The van der Waals surface area contributed by atoms with Gasteiger partial charge in [0.25, 0.3) is 0 Å². The molecule has 0 aromatic heterocycles. The Bertz CT molecular complexity index is 301. The third-order valence-electron chi connectivity index (χ3n) is 3.05. The lowest BCUT2D eigenvalue weighted by atomic mass is 9.92. The monoisotopic (exact) mass is 272 g/mol. The van der Waals surface area contributed by atoms with Crippen LogP contribution < -0.4 is 11.1 Å². The summed E-state index contributed by atoms with van der Waals surface area (Å²) in [4.78, 5) is 22.5. The minimum atomic E-state index is -0.845. The molecule has 4 N–H and O–H groups in total. The van der Waals surface area contributed by atoms with E-state index in [0.29, 0.717) is 25.3 Å². The second-order valence-electron chi connectivity index (χ2n) is 6.26. The largest absolute Gasteiger partial charge is 0.481 e. The molecule has 0 bridgehead atoms. The standard InChI is InChI=1S/C14H28N2O3/c1-10(2)7-11(9-15)8-12(17)16-14(3,4)6-5-13(18)19/h10-11H,5-9,15H2,1-4H3,(H,16,17)(H,18,19)/t11-/m0/s1. The molecule has 1 amide bonds. The summed E-state index contributed by atoms with van der Waals surface area (Å²) in [6, 6.07) is 0. The Hall–Kier alpha value is -1.10. The highest BCUT2D eigenvalue weighted by Gasteiger charge is 2.23. The number of rotatable bonds is 9. The van der Waals surface area contributed by atoms with E-state index in [1.807, 2.05) is 13.8 Å². The van der Waals surface area contributed by atoms with Crippen molar-refractivity contribution in [3.8, 4) is 0 Å². The van der Waals surface area contributed by atoms with Gasteiger partial charge in [-0.3, -0.25) is 9.59 Å². The lowest BCUT2D eigenvalue weighted by molar-refractivity contribution is -0.137. The fourth-order valence-electron chi connectivity index (χ4n) is 2.10. The molecule has 5 nitrogen and oxygen atoms in total. The molecule has 19 heavy (non-hydrogen) atoms. The number of hydrogen-bond donors (Lipinski definition) is 3. The molecular formula is C14H28N2O3. The summed E-state index contributed by atoms with van der Waals surface area (Å²) >= 11 is 0. The first kappa shape index (κ1) is 17.9. The van der Waals surface area contributed by atoms with Crippen molar-refractivity contribution in [1.82, 2.24) is 5.32 Å². The first-order valence-corrected chi connectivity index (χ1v) is 6.89. The fraction of sp³-hybridized carbons (Fsp3) is 0.857. The normalized spacial score (nSPS) is 13.4. The first-order chi connectivity index (χ1) is 8.66. The van der Waals surface area contributed by atoms with Crippen molar-refractivity contribution in [3.63, 3.8) is 0 Å². The summed E-state index contributed by atoms with van der Waals surface area (Å²) in [6.45, 7) is 8.40. The molecule has 0 unspecified atom stereocenters. The number of nitrogens with two attached hydrogens (primary N) is 1. The molecule has 0 saturated carbocycles. The predicted molar refractivity (Wildman–Crippen MR) is 75.7 cm³/mol. The molecule has 0 radical (unpaired) electrons. The quantitative estimate of drug-likeness (QED) is 0.596. The molecule has 0 rings (SSSR count). The van der Waals surface area contributed by atoms with Gasteiger partial charge in [0.2, 0.25) is 5.91 Å². The maximum absolute atomic E-state index is 11.9. The highest BCUT2D eigenvalue weighted by Crippen LogP contribution is 2.16. The summed E-state index contributed by atoms with van der Waals surface area (Å²) in [5, 5.41) is 11.6. The Morgan fingerprint density at radius 2 is 1.89 bits per heavy atom. The van der Waals surface area contributed by atoms with E-state index in [9.17, 15) is 9.59 Å². The van der Waals surface area contributed by atoms with Crippen molar-refractivity contribution >= 4 is 11.9 Å². The van der Waals surface area contributed by atoms with E-state index in [4.69, 9.17) is 10.8 Å². The van der Waals surface area contributed by atoms with Crippen molar-refractivity contribution in [2.75, 3.05) is 6.54 Å². The molecule has 112 valence electrons. The van der Waals surface area contributed by atoms with Crippen molar-refractivity contribution in [2.45, 2.75) is 58.9 Å². The Morgan fingerprint density at radius 3 is 2.32 bits per heavy atom. The number of aliphatic carboxylic acids is 1.